The van der Waals surface area contributed by atoms with Gasteiger partial charge < -0.3 is 10.2 Å². The number of carbonyl (C=O) groups is 2. The lowest BCUT2D eigenvalue weighted by molar-refractivity contribution is 0.0796. The van der Waals surface area contributed by atoms with E-state index in [0.29, 0.717) is 10.5 Å². The molecule has 182 valence electrons. The molecule has 3 amide bonds. The van der Waals surface area contributed by atoms with Gasteiger partial charge in [-0.25, -0.2) is 9.00 Å². The summed E-state index contributed by atoms with van der Waals surface area (Å²) in [7, 11) is -1.62. The standard InChI is InChI=1S/C28H31N3O3S/c1-21-19-23(27(32)31-18-10-4-6-12-22-11-5-2-9-15-26(22)31)16-17-24(21)20-29-28(33)30-35(34)25-13-7-3-8-14-25/h2-3,5,7-9,11,13-14,16-17,19H,4,6,10,12,15,18,20H2,1H3,(H2,29,30,33). The first kappa shape index (κ1) is 24.7. The Kier molecular flexibility index (Phi) is 8.32. The van der Waals surface area contributed by atoms with Crippen LogP contribution in [0.25, 0.3) is 0 Å². The minimum absolute atomic E-state index is 0.0155. The number of nitrogens with zero attached hydrogens (tertiary/aromatic N) is 1. The van der Waals surface area contributed by atoms with Crippen LogP contribution < -0.4 is 10.0 Å². The van der Waals surface area contributed by atoms with Crippen molar-refractivity contribution in [2.45, 2.75) is 50.5 Å². The van der Waals surface area contributed by atoms with Crippen molar-refractivity contribution in [3.8, 4) is 0 Å². The van der Waals surface area contributed by atoms with E-state index in [1.54, 1.807) is 24.3 Å². The lowest BCUT2D eigenvalue weighted by Gasteiger charge is -2.29. The summed E-state index contributed by atoms with van der Waals surface area (Å²) < 4.78 is 14.7. The zero-order chi connectivity index (χ0) is 24.6. The second-order valence-electron chi connectivity index (χ2n) is 8.74. The van der Waals surface area contributed by atoms with E-state index in [2.05, 4.69) is 28.3 Å². The van der Waals surface area contributed by atoms with Gasteiger partial charge in [-0.2, -0.15) is 0 Å². The molecule has 0 aromatic heterocycles. The lowest BCUT2D eigenvalue weighted by Crippen LogP contribution is -2.36. The smallest absolute Gasteiger partial charge is 0.327 e. The van der Waals surface area contributed by atoms with E-state index in [-0.39, 0.29) is 12.5 Å². The van der Waals surface area contributed by atoms with Crippen molar-refractivity contribution in [3.63, 3.8) is 0 Å². The molecule has 2 aromatic carbocycles. The van der Waals surface area contributed by atoms with Gasteiger partial charge in [0, 0.05) is 30.8 Å². The molecule has 7 heteroatoms. The minimum atomic E-state index is -1.62. The highest BCUT2D eigenvalue weighted by atomic mass is 32.2. The van der Waals surface area contributed by atoms with Crippen molar-refractivity contribution in [3.05, 3.63) is 101 Å². The zero-order valence-corrected chi connectivity index (χ0v) is 20.8. The summed E-state index contributed by atoms with van der Waals surface area (Å²) in [6.45, 7) is 2.93. The summed E-state index contributed by atoms with van der Waals surface area (Å²) >= 11 is 0. The maximum absolute atomic E-state index is 13.5. The Morgan fingerprint density at radius 3 is 2.66 bits per heavy atom. The molecule has 1 atom stereocenters. The molecule has 0 bridgehead atoms. The number of hydrogen-bond acceptors (Lipinski definition) is 3. The highest BCUT2D eigenvalue weighted by Gasteiger charge is 2.23. The maximum Gasteiger partial charge on any atom is 0.327 e. The Bertz CT molecular complexity index is 1200. The van der Waals surface area contributed by atoms with Crippen LogP contribution in [0.5, 0.6) is 0 Å². The van der Waals surface area contributed by atoms with Crippen LogP contribution in [0.1, 0.15) is 53.6 Å². The van der Waals surface area contributed by atoms with Crippen LogP contribution in [0.4, 0.5) is 4.79 Å². The average molecular weight is 490 g/mol. The van der Waals surface area contributed by atoms with E-state index in [1.807, 2.05) is 42.2 Å². The van der Waals surface area contributed by atoms with Crippen LogP contribution in [0.2, 0.25) is 0 Å². The number of aryl methyl sites for hydroxylation is 1. The highest BCUT2D eigenvalue weighted by Crippen LogP contribution is 2.28. The van der Waals surface area contributed by atoms with E-state index < -0.39 is 17.0 Å². The predicted molar refractivity (Wildman–Crippen MR) is 139 cm³/mol. The summed E-state index contributed by atoms with van der Waals surface area (Å²) in [6.07, 6.45) is 13.4. The molecule has 35 heavy (non-hydrogen) atoms. The molecule has 1 aliphatic heterocycles. The fourth-order valence-corrected chi connectivity index (χ4v) is 5.13. The number of nitrogens with one attached hydrogen (secondary N) is 2. The Morgan fingerprint density at radius 1 is 1.03 bits per heavy atom. The van der Waals surface area contributed by atoms with Crippen LogP contribution in [0, 0.1) is 6.92 Å². The van der Waals surface area contributed by atoms with Gasteiger partial charge >= 0.3 is 6.03 Å². The third-order valence-electron chi connectivity index (χ3n) is 6.30. The van der Waals surface area contributed by atoms with Gasteiger partial charge in [0.15, 0.2) is 11.0 Å². The zero-order valence-electron chi connectivity index (χ0n) is 20.0. The highest BCUT2D eigenvalue weighted by molar-refractivity contribution is 7.83. The van der Waals surface area contributed by atoms with Crippen LogP contribution in [-0.4, -0.2) is 27.6 Å². The molecule has 2 aromatic rings. The number of rotatable bonds is 5. The molecule has 1 unspecified atom stereocenters. The van der Waals surface area contributed by atoms with Gasteiger partial charge in [0.2, 0.25) is 0 Å². The molecule has 0 radical (unpaired) electrons. The number of carbonyl (C=O) groups excluding carboxylic acids is 2. The summed E-state index contributed by atoms with van der Waals surface area (Å²) in [5.74, 6) is 0.0155. The molecular formula is C28H31N3O3S. The minimum Gasteiger partial charge on any atom is -0.333 e. The fraction of sp³-hybridized carbons (Fsp3) is 0.286. The Morgan fingerprint density at radius 2 is 1.86 bits per heavy atom. The molecule has 2 N–H and O–H groups in total. The van der Waals surface area contributed by atoms with E-state index in [9.17, 15) is 13.8 Å². The van der Waals surface area contributed by atoms with Gasteiger partial charge in [-0.05, 0) is 67.2 Å². The monoisotopic (exact) mass is 489 g/mol. The first-order valence-electron chi connectivity index (χ1n) is 12.0. The van der Waals surface area contributed by atoms with Crippen LogP contribution in [0.15, 0.2) is 89.0 Å². The Balaban J connectivity index is 1.42. The SMILES string of the molecule is Cc1cc(C(=O)N2CCCCCC3=C2CC=CC=C3)ccc1CNC(=O)NS(=O)c1ccccc1. The van der Waals surface area contributed by atoms with E-state index in [4.69, 9.17) is 0 Å². The van der Waals surface area contributed by atoms with E-state index >= 15 is 0 Å². The van der Waals surface area contributed by atoms with Crippen molar-refractivity contribution < 1.29 is 13.8 Å². The van der Waals surface area contributed by atoms with Crippen molar-refractivity contribution in [1.29, 1.82) is 0 Å². The van der Waals surface area contributed by atoms with Gasteiger partial charge in [0.05, 0.1) is 4.90 Å². The molecule has 0 saturated carbocycles. The molecular weight excluding hydrogens is 458 g/mol. The number of amides is 3. The largest absolute Gasteiger partial charge is 0.333 e. The topological polar surface area (TPSA) is 78.5 Å². The number of hydrogen-bond donors (Lipinski definition) is 2. The van der Waals surface area contributed by atoms with Crippen LogP contribution >= 0.6 is 0 Å². The number of urea groups is 1. The summed E-state index contributed by atoms with van der Waals surface area (Å²) in [4.78, 5) is 28.3. The molecule has 6 nitrogen and oxygen atoms in total. The van der Waals surface area contributed by atoms with Gasteiger partial charge in [-0.1, -0.05) is 55.0 Å². The molecule has 0 saturated heterocycles. The van der Waals surface area contributed by atoms with Gasteiger partial charge in [0.25, 0.3) is 5.91 Å². The molecule has 2 aliphatic rings. The lowest BCUT2D eigenvalue weighted by atomic mass is 9.98. The Labute approximate surface area is 209 Å². The predicted octanol–water partition coefficient (Wildman–Crippen LogP) is 5.30. The maximum atomic E-state index is 13.5. The summed E-state index contributed by atoms with van der Waals surface area (Å²) in [6, 6.07) is 13.8. The van der Waals surface area contributed by atoms with E-state index in [1.165, 1.54) is 5.57 Å². The van der Waals surface area contributed by atoms with Crippen LogP contribution in [0.3, 0.4) is 0 Å². The molecule has 0 fully saturated rings. The quantitative estimate of drug-likeness (QED) is 0.598. The second-order valence-corrected chi connectivity index (χ2v) is 9.95. The summed E-state index contributed by atoms with van der Waals surface area (Å²) in [5.41, 5.74) is 4.81. The van der Waals surface area contributed by atoms with Crippen LogP contribution in [-0.2, 0) is 17.5 Å². The molecule has 0 spiro atoms. The van der Waals surface area contributed by atoms with Gasteiger partial charge in [0.1, 0.15) is 0 Å². The second kappa shape index (κ2) is 11.8. The van der Waals surface area contributed by atoms with Crippen molar-refractivity contribution in [1.82, 2.24) is 14.9 Å². The normalized spacial score (nSPS) is 16.5. The fourth-order valence-electron chi connectivity index (χ4n) is 4.37. The third kappa shape index (κ3) is 6.36. The summed E-state index contributed by atoms with van der Waals surface area (Å²) in [5, 5.41) is 2.75. The first-order chi connectivity index (χ1) is 17.0. The van der Waals surface area contributed by atoms with Gasteiger partial charge in [-0.3, -0.25) is 9.52 Å². The van der Waals surface area contributed by atoms with Crippen molar-refractivity contribution in [2.75, 3.05) is 6.54 Å². The average Bonchev–Trinajstić information content (AvgIpc) is 3.08. The van der Waals surface area contributed by atoms with E-state index in [0.717, 1.165) is 55.5 Å². The number of allylic oxidation sites excluding steroid dienone is 5. The molecule has 1 aliphatic carbocycles. The first-order valence-corrected chi connectivity index (χ1v) is 13.2. The molecule has 1 heterocycles. The van der Waals surface area contributed by atoms with Crippen molar-refractivity contribution in [2.24, 2.45) is 0 Å². The van der Waals surface area contributed by atoms with Crippen molar-refractivity contribution >= 4 is 22.9 Å². The third-order valence-corrected chi connectivity index (χ3v) is 7.37. The molecule has 4 rings (SSSR count). The number of benzene rings is 2. The Hall–Kier alpha value is -3.45. The van der Waals surface area contributed by atoms with Gasteiger partial charge in [-0.15, -0.1) is 0 Å².